The van der Waals surface area contributed by atoms with Crippen LogP contribution in [0.5, 0.6) is 0 Å². The minimum absolute atomic E-state index is 0.0596. The minimum Gasteiger partial charge on any atom is -0.466 e. The normalized spacial score (nSPS) is 10.2. The van der Waals surface area contributed by atoms with Crippen molar-refractivity contribution < 1.29 is 23.8 Å². The van der Waals surface area contributed by atoms with Crippen LogP contribution in [-0.2, 0) is 23.8 Å². The average Bonchev–Trinajstić information content (AvgIpc) is 2.28. The number of carbonyl (C=O) groups excluding carboxylic acids is 2. The summed E-state index contributed by atoms with van der Waals surface area (Å²) in [5.74, 6) is -0.766. The van der Waals surface area contributed by atoms with E-state index in [1.54, 1.807) is 6.92 Å². The van der Waals surface area contributed by atoms with E-state index in [2.05, 4.69) is 11.7 Å². The topological polar surface area (TPSA) is 61.8 Å². The molecule has 0 fully saturated rings. The van der Waals surface area contributed by atoms with Gasteiger partial charge >= 0.3 is 5.97 Å². The highest BCUT2D eigenvalue weighted by Crippen LogP contribution is 1.91. The summed E-state index contributed by atoms with van der Waals surface area (Å²) in [7, 11) is 0. The molecular formula is C12H22O5. The van der Waals surface area contributed by atoms with E-state index in [9.17, 15) is 9.59 Å². The van der Waals surface area contributed by atoms with Crippen LogP contribution in [-0.4, -0.2) is 44.8 Å². The predicted octanol–water partition coefficient (Wildman–Crippen LogP) is 1.34. The number of unbranched alkanes of at least 4 members (excludes halogenated alkanes) is 1. The van der Waals surface area contributed by atoms with Crippen molar-refractivity contribution in [3.05, 3.63) is 0 Å². The van der Waals surface area contributed by atoms with Crippen molar-refractivity contribution in [1.82, 2.24) is 0 Å². The third-order valence-corrected chi connectivity index (χ3v) is 1.92. The molecule has 0 aliphatic carbocycles. The number of esters is 1. The first kappa shape index (κ1) is 16.1. The molecule has 0 aromatic heterocycles. The third-order valence-electron chi connectivity index (χ3n) is 1.92. The van der Waals surface area contributed by atoms with Crippen LogP contribution in [0, 0.1) is 0 Å². The largest absolute Gasteiger partial charge is 0.466 e. The smallest absolute Gasteiger partial charge is 0.313 e. The summed E-state index contributed by atoms with van der Waals surface area (Å²) in [4.78, 5) is 22.1. The Morgan fingerprint density at radius 2 is 1.71 bits per heavy atom. The molecule has 0 amide bonds. The fraction of sp³-hybridized carbons (Fsp3) is 0.833. The highest BCUT2D eigenvalue weighted by molar-refractivity contribution is 5.96. The molecular weight excluding hydrogens is 224 g/mol. The van der Waals surface area contributed by atoms with E-state index < -0.39 is 5.97 Å². The van der Waals surface area contributed by atoms with Crippen molar-refractivity contribution in [1.29, 1.82) is 0 Å². The number of Topliss-reactive ketones (excluding diaryl/α,β-unsaturated/α-hetero) is 1. The van der Waals surface area contributed by atoms with E-state index in [-0.39, 0.29) is 25.4 Å². The van der Waals surface area contributed by atoms with E-state index in [1.807, 2.05) is 0 Å². The molecule has 0 aliphatic heterocycles. The molecule has 0 aromatic carbocycles. The molecule has 0 saturated heterocycles. The fourth-order valence-electron chi connectivity index (χ4n) is 1.08. The lowest BCUT2D eigenvalue weighted by molar-refractivity contribution is -0.146. The van der Waals surface area contributed by atoms with Gasteiger partial charge in [-0.3, -0.25) is 9.59 Å². The monoisotopic (exact) mass is 246 g/mol. The Morgan fingerprint density at radius 1 is 1.00 bits per heavy atom. The first-order chi connectivity index (χ1) is 8.20. The molecule has 0 aromatic rings. The van der Waals surface area contributed by atoms with Crippen LogP contribution >= 0.6 is 0 Å². The summed E-state index contributed by atoms with van der Waals surface area (Å²) < 4.78 is 15.0. The van der Waals surface area contributed by atoms with E-state index in [1.165, 1.54) is 0 Å². The Morgan fingerprint density at radius 3 is 2.35 bits per heavy atom. The number of ketones is 1. The van der Waals surface area contributed by atoms with Crippen molar-refractivity contribution in [3.8, 4) is 0 Å². The zero-order chi connectivity index (χ0) is 12.9. The maximum atomic E-state index is 11.2. The van der Waals surface area contributed by atoms with Gasteiger partial charge in [-0.1, -0.05) is 13.3 Å². The van der Waals surface area contributed by atoms with E-state index >= 15 is 0 Å². The number of hydrogen-bond acceptors (Lipinski definition) is 5. The van der Waals surface area contributed by atoms with Crippen molar-refractivity contribution >= 4 is 11.8 Å². The SMILES string of the molecule is CCCCOCCOCC(=O)CC(=O)OCC. The van der Waals surface area contributed by atoms with E-state index in [0.717, 1.165) is 19.4 Å². The van der Waals surface area contributed by atoms with Gasteiger partial charge in [-0.25, -0.2) is 0 Å². The molecule has 0 aliphatic rings. The number of carbonyl (C=O) groups is 2. The zero-order valence-corrected chi connectivity index (χ0v) is 10.7. The molecule has 0 heterocycles. The summed E-state index contributed by atoms with van der Waals surface area (Å²) in [6.45, 7) is 5.59. The lowest BCUT2D eigenvalue weighted by atomic mass is 10.3. The van der Waals surface area contributed by atoms with Crippen LogP contribution in [0.2, 0.25) is 0 Å². The molecule has 0 bridgehead atoms. The molecule has 0 unspecified atom stereocenters. The minimum atomic E-state index is -0.500. The summed E-state index contributed by atoms with van der Waals surface area (Å²) in [5.41, 5.74) is 0. The van der Waals surface area contributed by atoms with Gasteiger partial charge in [0.2, 0.25) is 0 Å². The van der Waals surface area contributed by atoms with Crippen molar-refractivity contribution in [2.45, 2.75) is 33.1 Å². The number of ether oxygens (including phenoxy) is 3. The Hall–Kier alpha value is -0.940. The fourth-order valence-corrected chi connectivity index (χ4v) is 1.08. The van der Waals surface area contributed by atoms with Crippen LogP contribution in [0.1, 0.15) is 33.1 Å². The molecule has 5 heteroatoms. The predicted molar refractivity (Wildman–Crippen MR) is 62.8 cm³/mol. The van der Waals surface area contributed by atoms with Crippen LogP contribution in [0.4, 0.5) is 0 Å². The number of hydrogen-bond donors (Lipinski definition) is 0. The highest BCUT2D eigenvalue weighted by Gasteiger charge is 2.09. The molecule has 0 atom stereocenters. The van der Waals surface area contributed by atoms with E-state index in [0.29, 0.717) is 13.2 Å². The van der Waals surface area contributed by atoms with Crippen molar-refractivity contribution in [2.24, 2.45) is 0 Å². The molecule has 0 saturated carbocycles. The lowest BCUT2D eigenvalue weighted by Crippen LogP contribution is -2.17. The number of rotatable bonds is 11. The highest BCUT2D eigenvalue weighted by atomic mass is 16.5. The molecule has 0 spiro atoms. The average molecular weight is 246 g/mol. The summed E-state index contributed by atoms with van der Waals surface area (Å²) in [5, 5.41) is 0. The van der Waals surface area contributed by atoms with Crippen molar-refractivity contribution in [2.75, 3.05) is 33.0 Å². The second-order valence-electron chi connectivity index (χ2n) is 3.54. The zero-order valence-electron chi connectivity index (χ0n) is 10.7. The van der Waals surface area contributed by atoms with Crippen LogP contribution in [0.3, 0.4) is 0 Å². The van der Waals surface area contributed by atoms with Gasteiger partial charge in [0.15, 0.2) is 5.78 Å². The summed E-state index contributed by atoms with van der Waals surface area (Å²) in [6, 6.07) is 0. The maximum Gasteiger partial charge on any atom is 0.313 e. The van der Waals surface area contributed by atoms with E-state index in [4.69, 9.17) is 9.47 Å². The molecule has 17 heavy (non-hydrogen) atoms. The van der Waals surface area contributed by atoms with Crippen LogP contribution < -0.4 is 0 Å². The van der Waals surface area contributed by atoms with Gasteiger partial charge in [-0.05, 0) is 13.3 Å². The second-order valence-corrected chi connectivity index (χ2v) is 3.54. The van der Waals surface area contributed by atoms with Gasteiger partial charge < -0.3 is 14.2 Å². The van der Waals surface area contributed by atoms with Gasteiger partial charge in [0, 0.05) is 6.61 Å². The van der Waals surface area contributed by atoms with Gasteiger partial charge in [0.1, 0.15) is 13.0 Å². The maximum absolute atomic E-state index is 11.2. The first-order valence-electron chi connectivity index (χ1n) is 6.03. The Labute approximate surface area is 102 Å². The Bertz CT molecular complexity index is 215. The standard InChI is InChI=1S/C12H22O5/c1-3-5-6-15-7-8-16-10-11(13)9-12(14)17-4-2/h3-10H2,1-2H3. The molecule has 0 N–H and O–H groups in total. The van der Waals surface area contributed by atoms with Crippen LogP contribution in [0.25, 0.3) is 0 Å². The van der Waals surface area contributed by atoms with Gasteiger partial charge in [0.05, 0.1) is 19.8 Å². The Balaban J connectivity index is 3.30. The van der Waals surface area contributed by atoms with Gasteiger partial charge in [-0.15, -0.1) is 0 Å². The first-order valence-corrected chi connectivity index (χ1v) is 6.03. The van der Waals surface area contributed by atoms with Crippen molar-refractivity contribution in [3.63, 3.8) is 0 Å². The summed E-state index contributed by atoms with van der Waals surface area (Å²) >= 11 is 0. The quantitative estimate of drug-likeness (QED) is 0.313. The third kappa shape index (κ3) is 11.3. The lowest BCUT2D eigenvalue weighted by Gasteiger charge is -2.05. The van der Waals surface area contributed by atoms with Gasteiger partial charge in [-0.2, -0.15) is 0 Å². The molecule has 100 valence electrons. The Kier molecular flexibility index (Phi) is 10.9. The second kappa shape index (κ2) is 11.5. The molecule has 5 nitrogen and oxygen atoms in total. The molecule has 0 radical (unpaired) electrons. The van der Waals surface area contributed by atoms with Gasteiger partial charge in [0.25, 0.3) is 0 Å². The summed E-state index contributed by atoms with van der Waals surface area (Å²) in [6.07, 6.45) is 1.91. The van der Waals surface area contributed by atoms with Crippen LogP contribution in [0.15, 0.2) is 0 Å². The molecule has 0 rings (SSSR count).